The van der Waals surface area contributed by atoms with Gasteiger partial charge in [0.1, 0.15) is 19.0 Å². The number of alkyl carbamates (subject to hydrolysis) is 1. The van der Waals surface area contributed by atoms with Crippen LogP contribution in [0.5, 0.6) is 5.75 Å². The summed E-state index contributed by atoms with van der Waals surface area (Å²) < 4.78 is 26.9. The van der Waals surface area contributed by atoms with Crippen LogP contribution in [0.2, 0.25) is 0 Å². The number of carbonyl (C=O) groups is 2. The highest BCUT2D eigenvalue weighted by Gasteiger charge is 2.16. The molecule has 1 rings (SSSR count). The van der Waals surface area contributed by atoms with E-state index in [2.05, 4.69) is 11.9 Å². The number of para-hydroxylation sites is 1. The van der Waals surface area contributed by atoms with Gasteiger partial charge in [-0.25, -0.2) is 9.59 Å². The lowest BCUT2D eigenvalue weighted by Gasteiger charge is -2.19. The molecule has 0 radical (unpaired) electrons. The Morgan fingerprint density at radius 3 is 2.40 bits per heavy atom. The molecule has 0 heterocycles. The molecule has 0 aromatic heterocycles. The van der Waals surface area contributed by atoms with Crippen molar-refractivity contribution < 1.29 is 33.3 Å². The van der Waals surface area contributed by atoms with Gasteiger partial charge in [-0.2, -0.15) is 0 Å². The summed E-state index contributed by atoms with van der Waals surface area (Å²) in [6.07, 6.45) is 0.536. The Labute approximate surface area is 178 Å². The predicted molar refractivity (Wildman–Crippen MR) is 113 cm³/mol. The fraction of sp³-hybridized carbons (Fsp3) is 0.545. The molecule has 0 spiro atoms. The number of rotatable bonds is 16. The Morgan fingerprint density at radius 1 is 1.03 bits per heavy atom. The van der Waals surface area contributed by atoms with E-state index in [1.165, 1.54) is 0 Å². The second-order valence-electron chi connectivity index (χ2n) is 6.47. The molecule has 1 N–H and O–H groups in total. The van der Waals surface area contributed by atoms with Crippen molar-refractivity contribution in [1.82, 2.24) is 5.32 Å². The Morgan fingerprint density at radius 2 is 1.73 bits per heavy atom. The van der Waals surface area contributed by atoms with Crippen molar-refractivity contribution in [2.75, 3.05) is 46.2 Å². The van der Waals surface area contributed by atoms with Crippen LogP contribution in [0.1, 0.15) is 26.7 Å². The van der Waals surface area contributed by atoms with Crippen molar-refractivity contribution in [1.29, 1.82) is 0 Å². The van der Waals surface area contributed by atoms with Crippen LogP contribution in [0.25, 0.3) is 0 Å². The molecule has 1 unspecified atom stereocenters. The monoisotopic (exact) mass is 423 g/mol. The first-order valence-corrected chi connectivity index (χ1v) is 10.1. The maximum atomic E-state index is 12.0. The molecule has 1 aromatic rings. The van der Waals surface area contributed by atoms with Crippen LogP contribution in [0.3, 0.4) is 0 Å². The van der Waals surface area contributed by atoms with Crippen molar-refractivity contribution in [3.8, 4) is 5.75 Å². The van der Waals surface area contributed by atoms with E-state index < -0.39 is 18.2 Å². The Hall–Kier alpha value is -2.58. The predicted octanol–water partition coefficient (Wildman–Crippen LogP) is 3.11. The van der Waals surface area contributed by atoms with E-state index in [0.29, 0.717) is 31.1 Å². The topological polar surface area (TPSA) is 92.3 Å². The van der Waals surface area contributed by atoms with Crippen LogP contribution < -0.4 is 10.1 Å². The third-order valence-corrected chi connectivity index (χ3v) is 3.74. The molecule has 0 aliphatic rings. The van der Waals surface area contributed by atoms with Gasteiger partial charge in [0, 0.05) is 25.4 Å². The molecule has 168 valence electrons. The number of hydrogen-bond donors (Lipinski definition) is 1. The highest BCUT2D eigenvalue weighted by atomic mass is 16.6. The second kappa shape index (κ2) is 16.2. The Bertz CT molecular complexity index is 621. The average molecular weight is 424 g/mol. The van der Waals surface area contributed by atoms with E-state index in [1.807, 2.05) is 37.3 Å². The largest absolute Gasteiger partial charge is 0.490 e. The SMILES string of the molecule is C=C(C)C(=O)OCCNC(=O)OC(COCCCCOCC)COc1ccccc1. The first-order chi connectivity index (χ1) is 14.5. The van der Waals surface area contributed by atoms with Gasteiger partial charge in [-0.15, -0.1) is 0 Å². The van der Waals surface area contributed by atoms with Crippen LogP contribution in [0.4, 0.5) is 4.79 Å². The average Bonchev–Trinajstić information content (AvgIpc) is 2.74. The number of amides is 1. The first-order valence-electron chi connectivity index (χ1n) is 10.1. The van der Waals surface area contributed by atoms with Crippen molar-refractivity contribution >= 4 is 12.1 Å². The molecule has 8 nitrogen and oxygen atoms in total. The summed E-state index contributed by atoms with van der Waals surface area (Å²) in [6.45, 7) is 9.47. The van der Waals surface area contributed by atoms with E-state index >= 15 is 0 Å². The molecular weight excluding hydrogens is 390 g/mol. The van der Waals surface area contributed by atoms with Gasteiger partial charge in [0.25, 0.3) is 0 Å². The number of carbonyl (C=O) groups excluding carboxylic acids is 2. The number of unbranched alkanes of at least 4 members (excludes halogenated alkanes) is 1. The number of benzene rings is 1. The molecule has 0 saturated heterocycles. The summed E-state index contributed by atoms with van der Waals surface area (Å²) in [7, 11) is 0. The van der Waals surface area contributed by atoms with Crippen LogP contribution >= 0.6 is 0 Å². The van der Waals surface area contributed by atoms with Gasteiger partial charge in [0.15, 0.2) is 6.10 Å². The molecule has 0 saturated carbocycles. The molecule has 0 aliphatic carbocycles. The summed E-state index contributed by atoms with van der Waals surface area (Å²) in [5, 5.41) is 2.53. The van der Waals surface area contributed by atoms with Gasteiger partial charge in [0.2, 0.25) is 0 Å². The molecule has 1 amide bonds. The van der Waals surface area contributed by atoms with E-state index in [9.17, 15) is 9.59 Å². The molecule has 0 bridgehead atoms. The number of esters is 1. The molecular formula is C22H33NO7. The lowest BCUT2D eigenvalue weighted by atomic mass is 10.3. The third-order valence-electron chi connectivity index (χ3n) is 3.74. The smallest absolute Gasteiger partial charge is 0.407 e. The fourth-order valence-electron chi connectivity index (χ4n) is 2.20. The van der Waals surface area contributed by atoms with Crippen molar-refractivity contribution in [2.45, 2.75) is 32.8 Å². The van der Waals surface area contributed by atoms with Crippen molar-refractivity contribution in [2.24, 2.45) is 0 Å². The summed E-state index contributed by atoms with van der Waals surface area (Å²) in [5.74, 6) is 0.173. The maximum absolute atomic E-state index is 12.0. The third kappa shape index (κ3) is 12.8. The summed E-state index contributed by atoms with van der Waals surface area (Å²) >= 11 is 0. The highest BCUT2D eigenvalue weighted by Crippen LogP contribution is 2.09. The lowest BCUT2D eigenvalue weighted by molar-refractivity contribution is -0.138. The summed E-state index contributed by atoms with van der Waals surface area (Å²) in [4.78, 5) is 23.3. The van der Waals surface area contributed by atoms with E-state index in [4.69, 9.17) is 23.7 Å². The van der Waals surface area contributed by atoms with Gasteiger partial charge in [-0.3, -0.25) is 0 Å². The zero-order valence-corrected chi connectivity index (χ0v) is 17.9. The fourth-order valence-corrected chi connectivity index (χ4v) is 2.20. The van der Waals surface area contributed by atoms with Crippen LogP contribution in [0.15, 0.2) is 42.5 Å². The minimum absolute atomic E-state index is 0.0301. The number of ether oxygens (including phenoxy) is 5. The van der Waals surface area contributed by atoms with E-state index in [0.717, 1.165) is 12.8 Å². The molecule has 0 fully saturated rings. The molecule has 8 heteroatoms. The highest BCUT2D eigenvalue weighted by molar-refractivity contribution is 5.86. The first kappa shape index (κ1) is 25.5. The zero-order chi connectivity index (χ0) is 22.0. The zero-order valence-electron chi connectivity index (χ0n) is 17.9. The normalized spacial score (nSPS) is 11.4. The lowest BCUT2D eigenvalue weighted by Crippen LogP contribution is -2.36. The van der Waals surface area contributed by atoms with E-state index in [-0.39, 0.29) is 26.4 Å². The van der Waals surface area contributed by atoms with Crippen LogP contribution in [-0.2, 0) is 23.7 Å². The maximum Gasteiger partial charge on any atom is 0.407 e. The van der Waals surface area contributed by atoms with Crippen LogP contribution in [0, 0.1) is 0 Å². The van der Waals surface area contributed by atoms with Gasteiger partial charge in [-0.05, 0) is 38.8 Å². The van der Waals surface area contributed by atoms with Gasteiger partial charge >= 0.3 is 12.1 Å². The van der Waals surface area contributed by atoms with E-state index in [1.54, 1.807) is 6.92 Å². The quantitative estimate of drug-likeness (QED) is 0.248. The standard InChI is InChI=1S/C22H33NO7/c1-4-26-13-8-9-14-27-16-20(17-29-19-10-6-5-7-11-19)30-22(25)23-12-15-28-21(24)18(2)3/h5-7,10-11,20H,2,4,8-9,12-17H2,1,3H3,(H,23,25). The van der Waals surface area contributed by atoms with Crippen LogP contribution in [-0.4, -0.2) is 64.4 Å². The minimum Gasteiger partial charge on any atom is -0.490 e. The Balaban J connectivity index is 2.36. The number of hydrogen-bond acceptors (Lipinski definition) is 7. The summed E-state index contributed by atoms with van der Waals surface area (Å²) in [6, 6.07) is 9.25. The molecule has 30 heavy (non-hydrogen) atoms. The molecule has 0 aliphatic heterocycles. The second-order valence-corrected chi connectivity index (χ2v) is 6.47. The molecule has 1 atom stereocenters. The minimum atomic E-state index is -0.636. The summed E-state index contributed by atoms with van der Waals surface area (Å²) in [5.41, 5.74) is 0.300. The number of nitrogens with one attached hydrogen (secondary N) is 1. The van der Waals surface area contributed by atoms with Gasteiger partial charge < -0.3 is 29.0 Å². The van der Waals surface area contributed by atoms with Crippen molar-refractivity contribution in [3.63, 3.8) is 0 Å². The molecule has 1 aromatic carbocycles. The Kier molecular flexibility index (Phi) is 13.8. The van der Waals surface area contributed by atoms with Crippen molar-refractivity contribution in [3.05, 3.63) is 42.5 Å². The van der Waals surface area contributed by atoms with Gasteiger partial charge in [0.05, 0.1) is 13.2 Å². The van der Waals surface area contributed by atoms with Gasteiger partial charge in [-0.1, -0.05) is 24.8 Å².